The number of para-hydroxylation sites is 1. The number of nitrogens with zero attached hydrogens (tertiary/aromatic N) is 2. The number of H-pyrrole nitrogens is 1. The maximum Gasteiger partial charge on any atom is 0.188 e. The highest BCUT2D eigenvalue weighted by Gasteiger charge is 2.22. The number of rotatable bonds is 7. The minimum Gasteiger partial charge on any atom is -0.370 e. The van der Waals surface area contributed by atoms with Crippen LogP contribution in [0.25, 0.3) is 10.9 Å². The largest absolute Gasteiger partial charge is 0.370 e. The van der Waals surface area contributed by atoms with E-state index in [0.717, 1.165) is 32.5 Å². The van der Waals surface area contributed by atoms with Crippen LogP contribution < -0.4 is 11.1 Å². The Hall–Kier alpha value is -2.01. The number of likely N-dealkylation sites (N-methyl/N-ethyl adjacent to an activating group) is 1. The second-order valence-electron chi connectivity index (χ2n) is 6.54. The van der Waals surface area contributed by atoms with Gasteiger partial charge in [0.15, 0.2) is 5.96 Å². The van der Waals surface area contributed by atoms with Crippen LogP contribution in [0.1, 0.15) is 31.7 Å². The van der Waals surface area contributed by atoms with E-state index in [-0.39, 0.29) is 0 Å². The van der Waals surface area contributed by atoms with Crippen LogP contribution in [0.3, 0.4) is 0 Å². The summed E-state index contributed by atoms with van der Waals surface area (Å²) in [4.78, 5) is 10.3. The molecule has 1 saturated heterocycles. The number of aliphatic imine (C=N–C) groups is 1. The molecule has 0 amide bonds. The molecule has 130 valence electrons. The van der Waals surface area contributed by atoms with Gasteiger partial charge in [0.1, 0.15) is 0 Å². The lowest BCUT2D eigenvalue weighted by molar-refractivity contribution is 0.273. The minimum absolute atomic E-state index is 0.571. The van der Waals surface area contributed by atoms with Crippen molar-refractivity contribution >= 4 is 16.9 Å². The first-order chi connectivity index (χ1) is 11.8. The summed E-state index contributed by atoms with van der Waals surface area (Å²) in [6, 6.07) is 9.01. The molecular formula is C19H29N5. The van der Waals surface area contributed by atoms with Gasteiger partial charge in [-0.25, -0.2) is 0 Å². The third-order valence-corrected chi connectivity index (χ3v) is 4.98. The van der Waals surface area contributed by atoms with E-state index in [0.29, 0.717) is 12.0 Å². The Morgan fingerprint density at radius 3 is 3.17 bits per heavy atom. The van der Waals surface area contributed by atoms with Crippen molar-refractivity contribution in [2.24, 2.45) is 10.7 Å². The Labute approximate surface area is 144 Å². The van der Waals surface area contributed by atoms with Gasteiger partial charge in [-0.05, 0) is 50.4 Å². The van der Waals surface area contributed by atoms with Gasteiger partial charge in [0.2, 0.25) is 0 Å². The highest BCUT2D eigenvalue weighted by atomic mass is 15.2. The molecular weight excluding hydrogens is 298 g/mol. The Kier molecular flexibility index (Phi) is 5.75. The molecule has 1 aromatic carbocycles. The summed E-state index contributed by atoms with van der Waals surface area (Å²) in [6.07, 6.45) is 6.72. The van der Waals surface area contributed by atoms with Crippen molar-refractivity contribution in [1.82, 2.24) is 15.2 Å². The van der Waals surface area contributed by atoms with Crippen LogP contribution in [0, 0.1) is 0 Å². The van der Waals surface area contributed by atoms with Gasteiger partial charge >= 0.3 is 0 Å². The molecule has 1 aromatic heterocycles. The van der Waals surface area contributed by atoms with Gasteiger partial charge in [0.25, 0.3) is 0 Å². The first kappa shape index (κ1) is 16.8. The zero-order valence-electron chi connectivity index (χ0n) is 14.6. The van der Waals surface area contributed by atoms with E-state index in [9.17, 15) is 0 Å². The zero-order valence-corrected chi connectivity index (χ0v) is 14.6. The van der Waals surface area contributed by atoms with Crippen LogP contribution in [0.5, 0.6) is 0 Å². The lowest BCUT2D eigenvalue weighted by Crippen LogP contribution is -2.36. The smallest absolute Gasteiger partial charge is 0.188 e. The number of benzene rings is 1. The van der Waals surface area contributed by atoms with E-state index in [1.165, 1.54) is 35.9 Å². The molecule has 2 heterocycles. The lowest BCUT2D eigenvalue weighted by Gasteiger charge is -2.20. The number of aryl methyl sites for hydroxylation is 1. The van der Waals surface area contributed by atoms with Crippen molar-refractivity contribution in [2.45, 2.75) is 38.6 Å². The highest BCUT2D eigenvalue weighted by molar-refractivity contribution is 5.83. The fourth-order valence-corrected chi connectivity index (χ4v) is 3.61. The number of hydrogen-bond acceptors (Lipinski definition) is 2. The summed E-state index contributed by atoms with van der Waals surface area (Å²) in [7, 11) is 0. The molecule has 3 rings (SSSR count). The summed E-state index contributed by atoms with van der Waals surface area (Å²) in [5.41, 5.74) is 8.58. The Morgan fingerprint density at radius 1 is 1.42 bits per heavy atom. The van der Waals surface area contributed by atoms with Crippen molar-refractivity contribution in [1.29, 1.82) is 0 Å². The van der Waals surface area contributed by atoms with E-state index >= 15 is 0 Å². The molecule has 0 saturated carbocycles. The van der Waals surface area contributed by atoms with Crippen LogP contribution in [-0.4, -0.2) is 48.1 Å². The maximum atomic E-state index is 6.00. The van der Waals surface area contributed by atoms with Crippen molar-refractivity contribution in [3.63, 3.8) is 0 Å². The quantitative estimate of drug-likeness (QED) is 0.416. The molecule has 2 aromatic rings. The van der Waals surface area contributed by atoms with Crippen molar-refractivity contribution in [3.8, 4) is 0 Å². The number of hydrogen-bond donors (Lipinski definition) is 3. The van der Waals surface area contributed by atoms with Crippen LogP contribution >= 0.6 is 0 Å². The van der Waals surface area contributed by atoms with Gasteiger partial charge in [0.05, 0.1) is 6.54 Å². The molecule has 5 nitrogen and oxygen atoms in total. The summed E-state index contributed by atoms with van der Waals surface area (Å²) in [6.45, 7) is 6.20. The number of likely N-dealkylation sites (tertiary alicyclic amines) is 1. The predicted octanol–water partition coefficient (Wildman–Crippen LogP) is 2.49. The summed E-state index contributed by atoms with van der Waals surface area (Å²) in [5, 5.41) is 4.57. The molecule has 0 bridgehead atoms. The molecule has 24 heavy (non-hydrogen) atoms. The van der Waals surface area contributed by atoms with Crippen LogP contribution in [0.15, 0.2) is 35.5 Å². The Bertz CT molecular complexity index is 675. The van der Waals surface area contributed by atoms with Crippen LogP contribution in [0.4, 0.5) is 0 Å². The third kappa shape index (κ3) is 4.09. The summed E-state index contributed by atoms with van der Waals surface area (Å²) < 4.78 is 0. The first-order valence-electron chi connectivity index (χ1n) is 9.10. The Balaban J connectivity index is 1.40. The van der Waals surface area contributed by atoms with E-state index in [1.807, 2.05) is 0 Å². The lowest BCUT2D eigenvalue weighted by atomic mass is 10.1. The zero-order chi connectivity index (χ0) is 16.8. The second-order valence-corrected chi connectivity index (χ2v) is 6.54. The minimum atomic E-state index is 0.571. The van der Waals surface area contributed by atoms with E-state index in [2.05, 4.69) is 57.6 Å². The van der Waals surface area contributed by atoms with Gasteiger partial charge in [-0.2, -0.15) is 0 Å². The fourth-order valence-electron chi connectivity index (χ4n) is 3.61. The number of aromatic nitrogens is 1. The van der Waals surface area contributed by atoms with Crippen molar-refractivity contribution < 1.29 is 0 Å². The van der Waals surface area contributed by atoms with Gasteiger partial charge < -0.3 is 16.0 Å². The highest BCUT2D eigenvalue weighted by Crippen LogP contribution is 2.19. The maximum absolute atomic E-state index is 6.00. The molecule has 0 aliphatic carbocycles. The fraction of sp³-hybridized carbons (Fsp3) is 0.526. The number of fused-ring (bicyclic) bond motifs is 1. The number of nitrogens with two attached hydrogens (primary N) is 1. The molecule has 1 unspecified atom stereocenters. The number of nitrogens with one attached hydrogen (secondary N) is 2. The molecule has 1 aliphatic rings. The van der Waals surface area contributed by atoms with E-state index in [4.69, 9.17) is 5.73 Å². The monoisotopic (exact) mass is 327 g/mol. The number of aromatic amines is 1. The average Bonchev–Trinajstić information content (AvgIpc) is 3.23. The standard InChI is InChI=1S/C19H29N5/c1-2-24-12-6-8-16(24)14-23-19(20)21-11-5-7-15-13-22-18-10-4-3-9-17(15)18/h3-4,9-10,13,16,22H,2,5-8,11-12,14H2,1H3,(H3,20,21,23). The summed E-state index contributed by atoms with van der Waals surface area (Å²) in [5.74, 6) is 0.580. The molecule has 1 atom stereocenters. The normalized spacial score (nSPS) is 19.2. The van der Waals surface area contributed by atoms with Gasteiger partial charge in [0, 0.05) is 29.7 Å². The molecule has 1 aliphatic heterocycles. The van der Waals surface area contributed by atoms with Crippen LogP contribution in [-0.2, 0) is 6.42 Å². The predicted molar refractivity (Wildman–Crippen MR) is 101 cm³/mol. The number of guanidine groups is 1. The molecule has 0 radical (unpaired) electrons. The SMILES string of the molecule is CCN1CCCC1CN=C(N)NCCCc1c[nH]c2ccccc12. The van der Waals surface area contributed by atoms with Gasteiger partial charge in [-0.15, -0.1) is 0 Å². The topological polar surface area (TPSA) is 69.4 Å². The summed E-state index contributed by atoms with van der Waals surface area (Å²) >= 11 is 0. The second kappa shape index (κ2) is 8.20. The van der Waals surface area contributed by atoms with Crippen molar-refractivity contribution in [2.75, 3.05) is 26.2 Å². The van der Waals surface area contributed by atoms with E-state index in [1.54, 1.807) is 0 Å². The molecule has 0 spiro atoms. The molecule has 4 N–H and O–H groups in total. The van der Waals surface area contributed by atoms with Crippen LogP contribution in [0.2, 0.25) is 0 Å². The van der Waals surface area contributed by atoms with Gasteiger partial charge in [-0.3, -0.25) is 9.89 Å². The Morgan fingerprint density at radius 2 is 2.29 bits per heavy atom. The average molecular weight is 327 g/mol. The molecule has 5 heteroatoms. The third-order valence-electron chi connectivity index (χ3n) is 4.98. The van der Waals surface area contributed by atoms with E-state index < -0.39 is 0 Å². The van der Waals surface area contributed by atoms with Crippen molar-refractivity contribution in [3.05, 3.63) is 36.0 Å². The first-order valence-corrected chi connectivity index (χ1v) is 9.10. The van der Waals surface area contributed by atoms with Gasteiger partial charge in [-0.1, -0.05) is 25.1 Å². The molecule has 1 fully saturated rings.